The number of rotatable bonds is 5. The predicted octanol–water partition coefficient (Wildman–Crippen LogP) is 2.68. The van der Waals surface area contributed by atoms with Gasteiger partial charge in [0, 0.05) is 25.2 Å². The summed E-state index contributed by atoms with van der Waals surface area (Å²) in [5.74, 6) is -0.185. The van der Waals surface area contributed by atoms with E-state index < -0.39 is 10.0 Å². The Morgan fingerprint density at radius 3 is 2.74 bits per heavy atom. The lowest BCUT2D eigenvalue weighted by Gasteiger charge is -2.17. The molecular formula is C20H23N3O3S. The Bertz CT molecular complexity index is 944. The highest BCUT2D eigenvalue weighted by molar-refractivity contribution is 7.89. The first-order valence-corrected chi connectivity index (χ1v) is 10.7. The Balaban J connectivity index is 1.43. The van der Waals surface area contributed by atoms with Gasteiger partial charge in [-0.25, -0.2) is 8.42 Å². The van der Waals surface area contributed by atoms with E-state index in [0.717, 1.165) is 24.8 Å². The number of nitrogens with zero attached hydrogens (tertiary/aromatic N) is 2. The number of benzene rings is 1. The fraction of sp³-hybridized carbons (Fsp3) is 0.400. The van der Waals surface area contributed by atoms with Crippen LogP contribution in [0.25, 0.3) is 0 Å². The third kappa shape index (κ3) is 3.37. The molecule has 0 radical (unpaired) electrons. The minimum Gasteiger partial charge on any atom is -0.324 e. The monoisotopic (exact) mass is 385 g/mol. The van der Waals surface area contributed by atoms with Crippen LogP contribution in [0.4, 0.5) is 5.69 Å². The normalized spacial score (nSPS) is 24.9. The Hall–Kier alpha value is -2.25. The van der Waals surface area contributed by atoms with Gasteiger partial charge in [0.25, 0.3) is 0 Å². The number of carbonyl (C=O) groups is 1. The van der Waals surface area contributed by atoms with Crippen LogP contribution in [0.15, 0.2) is 53.7 Å². The molecule has 142 valence electrons. The minimum atomic E-state index is -3.51. The molecule has 2 aliphatic rings. The topological polar surface area (TPSA) is 79.4 Å². The maximum absolute atomic E-state index is 12.9. The highest BCUT2D eigenvalue weighted by Crippen LogP contribution is 2.59. The molecule has 0 bridgehead atoms. The molecule has 0 unspecified atom stereocenters. The summed E-state index contributed by atoms with van der Waals surface area (Å²) in [6.45, 7) is 2.92. The van der Waals surface area contributed by atoms with Crippen molar-refractivity contribution in [1.82, 2.24) is 9.29 Å². The molecule has 1 saturated carbocycles. The lowest BCUT2D eigenvalue weighted by Crippen LogP contribution is -2.30. The lowest BCUT2D eigenvalue weighted by molar-refractivity contribution is -0.118. The molecule has 1 N–H and O–H groups in total. The third-order valence-corrected chi connectivity index (χ3v) is 7.61. The number of aryl methyl sites for hydroxylation is 1. The van der Waals surface area contributed by atoms with Gasteiger partial charge < -0.3 is 5.32 Å². The van der Waals surface area contributed by atoms with Gasteiger partial charge in [-0.1, -0.05) is 19.1 Å². The van der Waals surface area contributed by atoms with Gasteiger partial charge in [-0.3, -0.25) is 9.78 Å². The van der Waals surface area contributed by atoms with Gasteiger partial charge in [0.1, 0.15) is 0 Å². The van der Waals surface area contributed by atoms with Crippen molar-refractivity contribution in [2.75, 3.05) is 18.4 Å². The summed E-state index contributed by atoms with van der Waals surface area (Å²) in [6.07, 6.45) is 5.60. The van der Waals surface area contributed by atoms with Gasteiger partial charge in [-0.15, -0.1) is 0 Å². The van der Waals surface area contributed by atoms with E-state index in [-0.39, 0.29) is 17.2 Å². The number of pyridine rings is 1. The average Bonchev–Trinajstić information content (AvgIpc) is 3.21. The van der Waals surface area contributed by atoms with Crippen molar-refractivity contribution in [2.45, 2.75) is 31.1 Å². The van der Waals surface area contributed by atoms with Crippen molar-refractivity contribution in [3.8, 4) is 0 Å². The number of sulfonamides is 1. The van der Waals surface area contributed by atoms with Crippen molar-refractivity contribution in [3.05, 3.63) is 54.4 Å². The summed E-state index contributed by atoms with van der Waals surface area (Å²) in [7, 11) is -3.51. The molecule has 2 fully saturated rings. The molecule has 1 aromatic carbocycles. The van der Waals surface area contributed by atoms with Crippen molar-refractivity contribution in [2.24, 2.45) is 11.3 Å². The smallest absolute Gasteiger partial charge is 0.243 e. The maximum atomic E-state index is 12.9. The van der Waals surface area contributed by atoms with Gasteiger partial charge in [-0.2, -0.15) is 4.31 Å². The molecule has 27 heavy (non-hydrogen) atoms. The van der Waals surface area contributed by atoms with Gasteiger partial charge >= 0.3 is 0 Å². The van der Waals surface area contributed by atoms with Crippen LogP contribution >= 0.6 is 0 Å². The summed E-state index contributed by atoms with van der Waals surface area (Å²) in [6, 6.07) is 10.6. The molecule has 2 heterocycles. The van der Waals surface area contributed by atoms with Crippen molar-refractivity contribution < 1.29 is 13.2 Å². The number of carbonyl (C=O) groups excluding carboxylic acids is 1. The second-order valence-corrected chi connectivity index (χ2v) is 9.37. The van der Waals surface area contributed by atoms with Crippen molar-refractivity contribution >= 4 is 21.6 Å². The standard InChI is InChI=1S/C20H23N3O3S/c1-2-15-5-7-17(8-6-15)27(25,26)23-11-9-20(14-23)12-18(20)19(24)22-16-4-3-10-21-13-16/h3-8,10,13,18H,2,9,11-12,14H2,1H3,(H,22,24)/t18-,20-/m1/s1. The van der Waals surface area contributed by atoms with Gasteiger partial charge in [-0.05, 0) is 54.5 Å². The molecule has 1 amide bonds. The number of nitrogens with one attached hydrogen (secondary N) is 1. The van der Waals surface area contributed by atoms with E-state index in [1.807, 2.05) is 19.1 Å². The fourth-order valence-corrected chi connectivity index (χ4v) is 5.48. The third-order valence-electron chi connectivity index (χ3n) is 5.76. The summed E-state index contributed by atoms with van der Waals surface area (Å²) in [5.41, 5.74) is 1.56. The zero-order valence-electron chi connectivity index (χ0n) is 15.3. The quantitative estimate of drug-likeness (QED) is 0.858. The minimum absolute atomic E-state index is 0.0467. The molecule has 1 aliphatic heterocycles. The van der Waals surface area contributed by atoms with Crippen LogP contribution in [-0.4, -0.2) is 36.7 Å². The van der Waals surface area contributed by atoms with Gasteiger partial charge in [0.05, 0.1) is 16.8 Å². The summed E-state index contributed by atoms with van der Waals surface area (Å²) in [4.78, 5) is 16.8. The van der Waals surface area contributed by atoms with Crippen molar-refractivity contribution in [3.63, 3.8) is 0 Å². The van der Waals surface area contributed by atoms with E-state index in [4.69, 9.17) is 0 Å². The average molecular weight is 385 g/mol. The van der Waals surface area contributed by atoms with E-state index in [2.05, 4.69) is 10.3 Å². The molecule has 4 rings (SSSR count). The SMILES string of the molecule is CCc1ccc(S(=O)(=O)N2CC[C@@]3(C[C@@H]3C(=O)Nc3cccnc3)C2)cc1. The summed E-state index contributed by atoms with van der Waals surface area (Å²) in [5, 5.41) is 2.88. The van der Waals surface area contributed by atoms with Crippen LogP contribution in [-0.2, 0) is 21.2 Å². The second kappa shape index (κ2) is 6.73. The number of hydrogen-bond donors (Lipinski definition) is 1. The van der Waals surface area contributed by atoms with Crippen molar-refractivity contribution in [1.29, 1.82) is 0 Å². The zero-order chi connectivity index (χ0) is 19.1. The maximum Gasteiger partial charge on any atom is 0.243 e. The Morgan fingerprint density at radius 1 is 1.30 bits per heavy atom. The molecule has 7 heteroatoms. The molecule has 2 aromatic rings. The number of amides is 1. The Labute approximate surface area is 159 Å². The van der Waals surface area contributed by atoms with Crippen LogP contribution in [0.3, 0.4) is 0 Å². The molecule has 1 aliphatic carbocycles. The van der Waals surface area contributed by atoms with E-state index in [1.54, 1.807) is 36.7 Å². The van der Waals surface area contributed by atoms with Gasteiger partial charge in [0.15, 0.2) is 0 Å². The summed E-state index contributed by atoms with van der Waals surface area (Å²) >= 11 is 0. The first-order valence-electron chi connectivity index (χ1n) is 9.25. The largest absolute Gasteiger partial charge is 0.324 e. The molecule has 1 spiro atoms. The van der Waals surface area contributed by atoms with E-state index in [0.29, 0.717) is 23.7 Å². The molecule has 1 aromatic heterocycles. The Morgan fingerprint density at radius 2 is 2.07 bits per heavy atom. The number of anilines is 1. The molecule has 1 saturated heterocycles. The highest BCUT2D eigenvalue weighted by atomic mass is 32.2. The Kier molecular flexibility index (Phi) is 4.52. The van der Waals surface area contributed by atoms with Crippen LogP contribution in [0.5, 0.6) is 0 Å². The van der Waals surface area contributed by atoms with E-state index in [1.165, 1.54) is 4.31 Å². The predicted molar refractivity (Wildman–Crippen MR) is 103 cm³/mol. The number of aromatic nitrogens is 1. The van der Waals surface area contributed by atoms with E-state index >= 15 is 0 Å². The fourth-order valence-electron chi connectivity index (χ4n) is 3.94. The highest BCUT2D eigenvalue weighted by Gasteiger charge is 2.62. The van der Waals surface area contributed by atoms with Crippen LogP contribution in [0, 0.1) is 11.3 Å². The molecular weight excluding hydrogens is 362 g/mol. The second-order valence-electron chi connectivity index (χ2n) is 7.44. The van der Waals surface area contributed by atoms with Crippen LogP contribution in [0.1, 0.15) is 25.3 Å². The first-order chi connectivity index (χ1) is 12.9. The lowest BCUT2D eigenvalue weighted by atomic mass is 10.0. The van der Waals surface area contributed by atoms with Crippen LogP contribution in [0.2, 0.25) is 0 Å². The van der Waals surface area contributed by atoms with Gasteiger partial charge in [0.2, 0.25) is 15.9 Å². The first kappa shape index (κ1) is 18.1. The molecule has 2 atom stereocenters. The van der Waals surface area contributed by atoms with Crippen LogP contribution < -0.4 is 5.32 Å². The number of hydrogen-bond acceptors (Lipinski definition) is 4. The van der Waals surface area contributed by atoms with E-state index in [9.17, 15) is 13.2 Å². The summed E-state index contributed by atoms with van der Waals surface area (Å²) < 4.78 is 27.4. The zero-order valence-corrected chi connectivity index (χ0v) is 16.1. The molecule has 6 nitrogen and oxygen atoms in total.